The van der Waals surface area contributed by atoms with Gasteiger partial charge in [-0.15, -0.1) is 0 Å². The number of carbonyl (C=O) groups excluding carboxylic acids is 3. The zero-order chi connectivity index (χ0) is 31.3. The zero-order valence-corrected chi connectivity index (χ0v) is 25.2. The number of ether oxygens (including phenoxy) is 2. The molecule has 4 aromatic rings. The Bertz CT molecular complexity index is 1760. The summed E-state index contributed by atoms with van der Waals surface area (Å²) in [6, 6.07) is 9.94. The Hall–Kier alpha value is -5.23. The summed E-state index contributed by atoms with van der Waals surface area (Å²) in [6.45, 7) is 2.69. The van der Waals surface area contributed by atoms with Crippen molar-refractivity contribution in [3.8, 4) is 5.75 Å². The van der Waals surface area contributed by atoms with Crippen LogP contribution in [0.5, 0.6) is 5.75 Å². The number of pyridine rings is 2. The van der Waals surface area contributed by atoms with Crippen LogP contribution >= 0.6 is 0 Å². The monoisotopic (exact) mass is 609 g/mol. The van der Waals surface area contributed by atoms with Gasteiger partial charge in [-0.1, -0.05) is 0 Å². The Kier molecular flexibility index (Phi) is 8.74. The number of allylic oxidation sites excluding steroid dienone is 1. The number of rotatable bonds is 9. The molecule has 3 amide bonds. The van der Waals surface area contributed by atoms with E-state index in [4.69, 9.17) is 9.47 Å². The molecule has 0 bridgehead atoms. The molecular formula is C33H35N7O5. The molecule has 0 unspecified atom stereocenters. The summed E-state index contributed by atoms with van der Waals surface area (Å²) in [4.78, 5) is 49.5. The van der Waals surface area contributed by atoms with Crippen molar-refractivity contribution in [2.24, 2.45) is 13.0 Å². The van der Waals surface area contributed by atoms with Crippen LogP contribution in [0.25, 0.3) is 17.1 Å². The predicted octanol–water partition coefficient (Wildman–Crippen LogP) is 4.60. The molecule has 5 heterocycles. The number of hydrogen-bond donors (Lipinski definition) is 3. The Morgan fingerprint density at radius 1 is 1.11 bits per heavy atom. The first kappa shape index (κ1) is 29.8. The molecule has 2 aliphatic heterocycles. The number of aryl methyl sites for hydroxylation is 1. The number of carbonyl (C=O) groups is 3. The van der Waals surface area contributed by atoms with Crippen molar-refractivity contribution in [2.45, 2.75) is 19.3 Å². The fourth-order valence-electron chi connectivity index (χ4n) is 5.79. The minimum absolute atomic E-state index is 0.0256. The fourth-order valence-corrected chi connectivity index (χ4v) is 5.79. The lowest BCUT2D eigenvalue weighted by Gasteiger charge is -2.33. The van der Waals surface area contributed by atoms with Crippen LogP contribution in [0.4, 0.5) is 21.9 Å². The molecule has 0 radical (unpaired) electrons. The molecule has 1 fully saturated rings. The topological polar surface area (TPSA) is 140 Å². The van der Waals surface area contributed by atoms with Crippen molar-refractivity contribution in [3.63, 3.8) is 0 Å². The van der Waals surface area contributed by atoms with Crippen LogP contribution in [-0.4, -0.2) is 65.6 Å². The number of methoxy groups -OCH3 is 1. The van der Waals surface area contributed by atoms with Crippen LogP contribution in [0.2, 0.25) is 0 Å². The molecule has 1 aromatic carbocycles. The second-order valence-corrected chi connectivity index (χ2v) is 11.1. The van der Waals surface area contributed by atoms with Gasteiger partial charge in [-0.25, -0.2) is 9.78 Å². The van der Waals surface area contributed by atoms with Crippen molar-refractivity contribution >= 4 is 51.9 Å². The van der Waals surface area contributed by atoms with E-state index in [0.717, 1.165) is 54.6 Å². The van der Waals surface area contributed by atoms with Gasteiger partial charge in [-0.05, 0) is 61.7 Å². The summed E-state index contributed by atoms with van der Waals surface area (Å²) in [5.74, 6) is 0.404. The van der Waals surface area contributed by atoms with Crippen LogP contribution < -0.4 is 25.6 Å². The third-order valence-electron chi connectivity index (χ3n) is 8.03. The van der Waals surface area contributed by atoms with E-state index in [-0.39, 0.29) is 23.4 Å². The van der Waals surface area contributed by atoms with E-state index in [1.165, 1.54) is 6.20 Å². The predicted molar refractivity (Wildman–Crippen MR) is 171 cm³/mol. The minimum Gasteiger partial charge on any atom is -0.452 e. The molecule has 3 aromatic heterocycles. The highest BCUT2D eigenvalue weighted by molar-refractivity contribution is 6.16. The Morgan fingerprint density at radius 3 is 2.71 bits per heavy atom. The molecule has 0 aliphatic carbocycles. The van der Waals surface area contributed by atoms with Crippen molar-refractivity contribution < 1.29 is 23.9 Å². The number of amides is 3. The van der Waals surface area contributed by atoms with Gasteiger partial charge >= 0.3 is 6.03 Å². The number of benzene rings is 1. The lowest BCUT2D eigenvalue weighted by molar-refractivity contribution is -0.125. The summed E-state index contributed by atoms with van der Waals surface area (Å²) >= 11 is 0. The molecule has 45 heavy (non-hydrogen) atoms. The summed E-state index contributed by atoms with van der Waals surface area (Å²) in [6.07, 6.45) is 10.9. The number of aromatic nitrogens is 3. The number of ketones is 1. The fraction of sp³-hybridized carbons (Fsp3) is 0.303. The second-order valence-electron chi connectivity index (χ2n) is 11.1. The summed E-state index contributed by atoms with van der Waals surface area (Å²) in [5.41, 5.74) is 3.96. The maximum absolute atomic E-state index is 13.5. The highest BCUT2D eigenvalue weighted by atomic mass is 16.5. The van der Waals surface area contributed by atoms with Crippen molar-refractivity contribution in [3.05, 3.63) is 78.1 Å². The largest absolute Gasteiger partial charge is 0.452 e. The molecule has 3 N–H and O–H groups in total. The third-order valence-corrected chi connectivity index (χ3v) is 8.03. The Balaban J connectivity index is 1.17. The number of nitrogens with zero attached hydrogens (tertiary/aromatic N) is 4. The third kappa shape index (κ3) is 6.50. The van der Waals surface area contributed by atoms with E-state index >= 15 is 0 Å². The highest BCUT2D eigenvalue weighted by Gasteiger charge is 2.30. The van der Waals surface area contributed by atoms with Crippen LogP contribution in [0.15, 0.2) is 66.9 Å². The number of hydrogen-bond acceptors (Lipinski definition) is 8. The molecule has 0 spiro atoms. The van der Waals surface area contributed by atoms with Gasteiger partial charge in [-0.2, -0.15) is 0 Å². The maximum atomic E-state index is 13.5. The van der Waals surface area contributed by atoms with Crippen molar-refractivity contribution in [1.29, 1.82) is 0 Å². The van der Waals surface area contributed by atoms with E-state index < -0.39 is 6.03 Å². The van der Waals surface area contributed by atoms with Crippen molar-refractivity contribution in [2.75, 3.05) is 48.9 Å². The number of fused-ring (bicyclic) bond motifs is 2. The van der Waals surface area contributed by atoms with Gasteiger partial charge in [0.05, 0.1) is 17.4 Å². The number of Topliss-reactive ketones (excluding diaryl/α,β-unsaturated/α-hetero) is 1. The summed E-state index contributed by atoms with van der Waals surface area (Å²) in [7, 11) is 3.57. The highest BCUT2D eigenvalue weighted by Crippen LogP contribution is 2.37. The average Bonchev–Trinajstić information content (AvgIpc) is 3.54. The van der Waals surface area contributed by atoms with Crippen LogP contribution in [-0.2, 0) is 16.6 Å². The van der Waals surface area contributed by atoms with Crippen LogP contribution in [0, 0.1) is 5.92 Å². The smallest absolute Gasteiger partial charge is 0.323 e. The molecule has 1 saturated heterocycles. The van der Waals surface area contributed by atoms with E-state index in [0.29, 0.717) is 35.8 Å². The molecule has 6 rings (SSSR count). The van der Waals surface area contributed by atoms with Gasteiger partial charge in [0.2, 0.25) is 11.7 Å². The number of urea groups is 1. The van der Waals surface area contributed by atoms with E-state index in [1.54, 1.807) is 55.9 Å². The lowest BCUT2D eigenvalue weighted by atomic mass is 9.95. The first-order chi connectivity index (χ1) is 21.9. The Morgan fingerprint density at radius 2 is 1.93 bits per heavy atom. The van der Waals surface area contributed by atoms with E-state index in [9.17, 15) is 14.4 Å². The quantitative estimate of drug-likeness (QED) is 0.185. The lowest BCUT2D eigenvalue weighted by Crippen LogP contribution is -2.41. The van der Waals surface area contributed by atoms with Gasteiger partial charge in [0.25, 0.3) is 0 Å². The summed E-state index contributed by atoms with van der Waals surface area (Å²) in [5, 5.41) is 9.40. The first-order valence-corrected chi connectivity index (χ1v) is 14.9. The number of piperidine rings is 1. The van der Waals surface area contributed by atoms with Crippen LogP contribution in [0.1, 0.15) is 35.2 Å². The molecule has 0 saturated carbocycles. The molecule has 232 valence electrons. The van der Waals surface area contributed by atoms with Gasteiger partial charge in [0, 0.05) is 87.2 Å². The Labute approximate surface area is 260 Å². The average molecular weight is 610 g/mol. The van der Waals surface area contributed by atoms with Gasteiger partial charge in [0.15, 0.2) is 5.76 Å². The molecule has 12 heteroatoms. The van der Waals surface area contributed by atoms with E-state index in [2.05, 4.69) is 30.8 Å². The van der Waals surface area contributed by atoms with Gasteiger partial charge in [-0.3, -0.25) is 14.6 Å². The van der Waals surface area contributed by atoms with E-state index in [1.807, 2.05) is 23.9 Å². The molecule has 0 atom stereocenters. The van der Waals surface area contributed by atoms with Gasteiger partial charge in [0.1, 0.15) is 11.4 Å². The molecular weight excluding hydrogens is 574 g/mol. The first-order valence-electron chi connectivity index (χ1n) is 14.9. The second kappa shape index (κ2) is 13.2. The minimum atomic E-state index is -0.451. The SMILES string of the molecule is COCCCNC(=O)C1CCN(c2ccnc3c2c(C=C2Oc4ccc(NC(=O)Nc5cccnc5)cc4C2=O)cn3C)CC1. The summed E-state index contributed by atoms with van der Waals surface area (Å²) < 4.78 is 13.0. The molecule has 2 aliphatic rings. The number of anilines is 3. The number of nitrogens with one attached hydrogen (secondary N) is 3. The van der Waals surface area contributed by atoms with Crippen molar-refractivity contribution in [1.82, 2.24) is 19.9 Å². The normalized spacial score (nSPS) is 15.6. The standard InChI is InChI=1S/C33H35N7O5/c1-39-20-22(29-26(8-13-35-31(29)39)40-14-9-21(10-15-40)32(42)36-12-4-16-44-2)17-28-30(41)25-18-23(6-7-27(25)45-28)37-33(43)38-24-5-3-11-34-19-24/h3,5-8,11,13,17-21H,4,9-10,12,14-16H2,1-2H3,(H,36,42)(H2,37,38,43). The van der Waals surface area contributed by atoms with Gasteiger partial charge < -0.3 is 34.9 Å². The maximum Gasteiger partial charge on any atom is 0.323 e. The van der Waals surface area contributed by atoms with Crippen LogP contribution in [0.3, 0.4) is 0 Å². The zero-order valence-electron chi connectivity index (χ0n) is 25.2. The molecule has 12 nitrogen and oxygen atoms in total.